The molecule has 1 aliphatic heterocycles. The number of fused-ring (bicyclic) bond motifs is 1. The number of para-hydroxylation sites is 1. The summed E-state index contributed by atoms with van der Waals surface area (Å²) in [7, 11) is 0. The standard InChI is InChI=1S/C25H33NOS/c1-24(21-11-5-7-13-23(21)28(2)27)14-8-3-9-15-25(17-16-24)18-20-10-4-6-12-22(20)26-19-25/h4-7,10-13,26H,3,8-9,14-19H2,1-2H3. The second-order valence-corrected chi connectivity index (χ2v) is 10.6. The van der Waals surface area contributed by atoms with Gasteiger partial charge >= 0.3 is 0 Å². The van der Waals surface area contributed by atoms with E-state index in [1.54, 1.807) is 0 Å². The predicted molar refractivity (Wildman–Crippen MR) is 120 cm³/mol. The molecule has 1 heterocycles. The Morgan fingerprint density at radius 1 is 0.893 bits per heavy atom. The van der Waals surface area contributed by atoms with Gasteiger partial charge in [0.15, 0.2) is 4.90 Å². The van der Waals surface area contributed by atoms with Gasteiger partial charge < -0.3 is 9.87 Å². The number of rotatable bonds is 2. The summed E-state index contributed by atoms with van der Waals surface area (Å²) in [5.41, 5.74) is 4.57. The first-order valence-electron chi connectivity index (χ1n) is 10.8. The van der Waals surface area contributed by atoms with Gasteiger partial charge in [0, 0.05) is 17.8 Å². The number of hydrogen-bond donors (Lipinski definition) is 1. The lowest BCUT2D eigenvalue weighted by Gasteiger charge is -2.41. The molecule has 28 heavy (non-hydrogen) atoms. The monoisotopic (exact) mass is 395 g/mol. The minimum atomic E-state index is -0.938. The van der Waals surface area contributed by atoms with E-state index in [0.717, 1.165) is 11.4 Å². The van der Waals surface area contributed by atoms with Crippen LogP contribution >= 0.6 is 0 Å². The minimum absolute atomic E-state index is 0.108. The Bertz CT molecular complexity index is 820. The normalized spacial score (nSPS) is 29.1. The van der Waals surface area contributed by atoms with Crippen LogP contribution in [-0.2, 0) is 23.0 Å². The second-order valence-electron chi connectivity index (χ2n) is 9.26. The highest BCUT2D eigenvalue weighted by Gasteiger charge is 2.39. The quantitative estimate of drug-likeness (QED) is 0.625. The summed E-state index contributed by atoms with van der Waals surface area (Å²) in [4.78, 5) is 1.03. The van der Waals surface area contributed by atoms with E-state index in [2.05, 4.69) is 54.7 Å². The van der Waals surface area contributed by atoms with E-state index < -0.39 is 11.2 Å². The van der Waals surface area contributed by atoms with Crippen molar-refractivity contribution in [2.24, 2.45) is 5.41 Å². The first kappa shape index (κ1) is 19.8. The van der Waals surface area contributed by atoms with Crippen LogP contribution in [0.3, 0.4) is 0 Å². The smallest absolute Gasteiger partial charge is 0.156 e. The van der Waals surface area contributed by atoms with Gasteiger partial charge in [-0.1, -0.05) is 62.6 Å². The lowest BCUT2D eigenvalue weighted by atomic mass is 9.67. The van der Waals surface area contributed by atoms with Crippen LogP contribution in [0, 0.1) is 5.41 Å². The van der Waals surface area contributed by atoms with E-state index >= 15 is 0 Å². The van der Waals surface area contributed by atoms with Crippen molar-refractivity contribution in [1.82, 2.24) is 0 Å². The topological polar surface area (TPSA) is 35.1 Å². The molecule has 3 atom stereocenters. The summed E-state index contributed by atoms with van der Waals surface area (Å²) in [6.07, 6.45) is 11.8. The maximum Gasteiger partial charge on any atom is 0.156 e. The zero-order valence-corrected chi connectivity index (χ0v) is 18.1. The second kappa shape index (κ2) is 8.12. The third kappa shape index (κ3) is 3.97. The van der Waals surface area contributed by atoms with Crippen molar-refractivity contribution < 1.29 is 4.55 Å². The van der Waals surface area contributed by atoms with E-state index in [0.29, 0.717) is 5.41 Å². The van der Waals surface area contributed by atoms with Gasteiger partial charge in [0.05, 0.1) is 0 Å². The fraction of sp³-hybridized carbons (Fsp3) is 0.520. The molecule has 0 amide bonds. The number of hydrogen-bond acceptors (Lipinski definition) is 2. The lowest BCUT2D eigenvalue weighted by molar-refractivity contribution is 0.218. The van der Waals surface area contributed by atoms with Crippen LogP contribution in [0.25, 0.3) is 0 Å². The van der Waals surface area contributed by atoms with Gasteiger partial charge in [-0.05, 0) is 71.8 Å². The third-order valence-electron chi connectivity index (χ3n) is 7.23. The average Bonchev–Trinajstić information content (AvgIpc) is 2.79. The highest BCUT2D eigenvalue weighted by atomic mass is 32.2. The Kier molecular flexibility index (Phi) is 5.76. The summed E-state index contributed by atoms with van der Waals surface area (Å²) in [6.45, 7) is 3.50. The van der Waals surface area contributed by atoms with Crippen LogP contribution in [0.15, 0.2) is 53.4 Å². The van der Waals surface area contributed by atoms with Crippen molar-refractivity contribution in [3.8, 4) is 0 Å². The fourth-order valence-electron chi connectivity index (χ4n) is 5.42. The van der Waals surface area contributed by atoms with E-state index in [9.17, 15) is 4.55 Å². The molecular weight excluding hydrogens is 362 g/mol. The highest BCUT2D eigenvalue weighted by Crippen LogP contribution is 2.47. The molecule has 1 saturated carbocycles. The van der Waals surface area contributed by atoms with Crippen molar-refractivity contribution in [3.63, 3.8) is 0 Å². The summed E-state index contributed by atoms with van der Waals surface area (Å²) < 4.78 is 12.4. The van der Waals surface area contributed by atoms with Crippen molar-refractivity contribution >= 4 is 16.9 Å². The van der Waals surface area contributed by atoms with Gasteiger partial charge in [0.25, 0.3) is 0 Å². The molecule has 3 heteroatoms. The van der Waals surface area contributed by atoms with Crippen molar-refractivity contribution in [2.75, 3.05) is 18.1 Å². The summed E-state index contributed by atoms with van der Waals surface area (Å²) in [5, 5.41) is 3.74. The average molecular weight is 396 g/mol. The Labute approximate surface area is 173 Å². The molecule has 150 valence electrons. The van der Waals surface area contributed by atoms with Crippen LogP contribution in [0.1, 0.15) is 63.0 Å². The van der Waals surface area contributed by atoms with Crippen LogP contribution in [0.5, 0.6) is 0 Å². The molecule has 1 spiro atoms. The minimum Gasteiger partial charge on any atom is -0.612 e. The lowest BCUT2D eigenvalue weighted by Crippen LogP contribution is -2.38. The van der Waals surface area contributed by atoms with Gasteiger partial charge in [-0.25, -0.2) is 0 Å². The first-order valence-corrected chi connectivity index (χ1v) is 12.3. The first-order chi connectivity index (χ1) is 13.5. The summed E-state index contributed by atoms with van der Waals surface area (Å²) in [5.74, 6) is 0. The Morgan fingerprint density at radius 2 is 1.64 bits per heavy atom. The predicted octanol–water partition coefficient (Wildman–Crippen LogP) is 6.08. The molecule has 1 fully saturated rings. The molecule has 0 saturated heterocycles. The maximum absolute atomic E-state index is 12.4. The van der Waals surface area contributed by atoms with Gasteiger partial charge in [-0.3, -0.25) is 0 Å². The van der Waals surface area contributed by atoms with Gasteiger partial charge in [0.1, 0.15) is 6.26 Å². The van der Waals surface area contributed by atoms with Gasteiger partial charge in [-0.2, -0.15) is 0 Å². The molecule has 0 bridgehead atoms. The molecule has 4 rings (SSSR count). The number of benzene rings is 2. The zero-order chi connectivity index (χ0) is 19.6. The Hall–Kier alpha value is -1.45. The molecule has 2 aromatic rings. The highest BCUT2D eigenvalue weighted by molar-refractivity contribution is 7.90. The van der Waals surface area contributed by atoms with Crippen LogP contribution < -0.4 is 5.32 Å². The summed E-state index contributed by atoms with van der Waals surface area (Å²) >= 11 is -0.938. The Morgan fingerprint density at radius 3 is 2.50 bits per heavy atom. The maximum atomic E-state index is 12.4. The van der Waals surface area contributed by atoms with Gasteiger partial charge in [-0.15, -0.1) is 0 Å². The Balaban J connectivity index is 1.63. The largest absolute Gasteiger partial charge is 0.612 e. The zero-order valence-electron chi connectivity index (χ0n) is 17.3. The van der Waals surface area contributed by atoms with E-state index in [-0.39, 0.29) is 5.41 Å². The molecule has 1 N–H and O–H groups in total. The third-order valence-corrected chi connectivity index (χ3v) is 8.20. The van der Waals surface area contributed by atoms with Crippen molar-refractivity contribution in [2.45, 2.75) is 68.6 Å². The number of nitrogens with one attached hydrogen (secondary N) is 1. The van der Waals surface area contributed by atoms with E-state index in [1.807, 2.05) is 12.3 Å². The van der Waals surface area contributed by atoms with Crippen LogP contribution in [-0.4, -0.2) is 17.4 Å². The molecule has 2 aromatic carbocycles. The molecule has 2 nitrogen and oxygen atoms in total. The van der Waals surface area contributed by atoms with Crippen molar-refractivity contribution in [1.29, 1.82) is 0 Å². The summed E-state index contributed by atoms with van der Waals surface area (Å²) in [6, 6.07) is 17.3. The molecule has 1 aliphatic carbocycles. The molecule has 0 radical (unpaired) electrons. The SMILES string of the molecule is C[S+]([O-])c1ccccc1C1(C)CCCCCC2(CC1)CNc1ccccc1C2. The number of anilines is 1. The van der Waals surface area contributed by atoms with E-state index in [1.165, 1.54) is 68.2 Å². The van der Waals surface area contributed by atoms with Gasteiger partial charge in [0.2, 0.25) is 0 Å². The van der Waals surface area contributed by atoms with Crippen molar-refractivity contribution in [3.05, 3.63) is 59.7 Å². The molecule has 0 aromatic heterocycles. The fourth-order valence-corrected chi connectivity index (χ4v) is 6.31. The molecule has 2 aliphatic rings. The van der Waals surface area contributed by atoms with Crippen LogP contribution in [0.2, 0.25) is 0 Å². The van der Waals surface area contributed by atoms with E-state index in [4.69, 9.17) is 0 Å². The van der Waals surface area contributed by atoms with Crippen LogP contribution in [0.4, 0.5) is 5.69 Å². The molecule has 3 unspecified atom stereocenters. The molecular formula is C25H33NOS.